The monoisotopic (exact) mass is 419 g/mol. The second-order valence-corrected chi connectivity index (χ2v) is 7.56. The fourth-order valence-electron chi connectivity index (χ4n) is 3.77. The average Bonchev–Trinajstić information content (AvgIpc) is 2.86. The van der Waals surface area contributed by atoms with Gasteiger partial charge in [-0.1, -0.05) is 84.9 Å². The van der Waals surface area contributed by atoms with Gasteiger partial charge in [0.15, 0.2) is 0 Å². The van der Waals surface area contributed by atoms with E-state index >= 15 is 0 Å². The number of halogens is 2. The Morgan fingerprint density at radius 3 is 1.59 bits per heavy atom. The topological polar surface area (TPSA) is 12.9 Å². The molecule has 5 rings (SSSR count). The van der Waals surface area contributed by atoms with E-state index in [1.807, 2.05) is 60.7 Å². The first-order chi connectivity index (χ1) is 15.7. The van der Waals surface area contributed by atoms with Crippen LogP contribution >= 0.6 is 0 Å². The van der Waals surface area contributed by atoms with Gasteiger partial charge in [0.2, 0.25) is 0 Å². The molecule has 1 aromatic heterocycles. The van der Waals surface area contributed by atoms with Crippen molar-refractivity contribution in [1.29, 1.82) is 0 Å². The van der Waals surface area contributed by atoms with Crippen LogP contribution in [0.25, 0.3) is 44.8 Å². The van der Waals surface area contributed by atoms with E-state index in [0.29, 0.717) is 5.56 Å². The molecular weight excluding hydrogens is 400 g/mol. The lowest BCUT2D eigenvalue weighted by molar-refractivity contribution is 0.603. The molecule has 0 N–H and O–H groups in total. The van der Waals surface area contributed by atoms with Gasteiger partial charge in [-0.05, 0) is 47.0 Å². The average molecular weight is 419 g/mol. The molecule has 1 nitrogen and oxygen atoms in total. The molecular formula is C29H19F2N. The van der Waals surface area contributed by atoms with E-state index in [1.54, 1.807) is 12.1 Å². The molecule has 0 saturated carbocycles. The van der Waals surface area contributed by atoms with Gasteiger partial charge >= 0.3 is 0 Å². The molecule has 0 radical (unpaired) electrons. The second kappa shape index (κ2) is 8.56. The zero-order valence-electron chi connectivity index (χ0n) is 17.2. The van der Waals surface area contributed by atoms with Gasteiger partial charge in [0, 0.05) is 16.7 Å². The van der Waals surface area contributed by atoms with E-state index in [0.717, 1.165) is 45.8 Å². The minimum absolute atomic E-state index is 0.243. The molecule has 0 unspecified atom stereocenters. The van der Waals surface area contributed by atoms with E-state index in [2.05, 4.69) is 24.3 Å². The van der Waals surface area contributed by atoms with Crippen molar-refractivity contribution in [3.05, 3.63) is 127 Å². The Hall–Kier alpha value is -4.11. The SMILES string of the molecule is Fc1ccc(F)c(-c2ccc(-c3cc(-c4ccccc4)cc(-c4ccccc4)n3)cc2)c1. The third-order valence-corrected chi connectivity index (χ3v) is 5.42. The Bertz CT molecular complexity index is 1300. The third-order valence-electron chi connectivity index (χ3n) is 5.42. The number of hydrogen-bond acceptors (Lipinski definition) is 1. The predicted octanol–water partition coefficient (Wildman–Crippen LogP) is 8.03. The molecule has 0 spiro atoms. The summed E-state index contributed by atoms with van der Waals surface area (Å²) >= 11 is 0. The summed E-state index contributed by atoms with van der Waals surface area (Å²) in [6.07, 6.45) is 0. The normalized spacial score (nSPS) is 10.8. The van der Waals surface area contributed by atoms with E-state index in [-0.39, 0.29) is 5.56 Å². The molecule has 32 heavy (non-hydrogen) atoms. The maximum absolute atomic E-state index is 14.2. The third kappa shape index (κ3) is 4.06. The predicted molar refractivity (Wildman–Crippen MR) is 126 cm³/mol. The first-order valence-electron chi connectivity index (χ1n) is 10.4. The van der Waals surface area contributed by atoms with Crippen molar-refractivity contribution in [2.75, 3.05) is 0 Å². The molecule has 0 aliphatic carbocycles. The quantitative estimate of drug-likeness (QED) is 0.287. The molecule has 1 heterocycles. The Morgan fingerprint density at radius 2 is 0.969 bits per heavy atom. The summed E-state index contributed by atoms with van der Waals surface area (Å²) in [7, 11) is 0. The molecule has 0 aliphatic heterocycles. The van der Waals surface area contributed by atoms with E-state index in [1.165, 1.54) is 6.07 Å². The molecule has 4 aromatic carbocycles. The van der Waals surface area contributed by atoms with Crippen LogP contribution in [0.15, 0.2) is 115 Å². The maximum Gasteiger partial charge on any atom is 0.131 e. The molecule has 0 fully saturated rings. The lowest BCUT2D eigenvalue weighted by Gasteiger charge is -2.11. The number of pyridine rings is 1. The van der Waals surface area contributed by atoms with Gasteiger partial charge < -0.3 is 0 Å². The second-order valence-electron chi connectivity index (χ2n) is 7.56. The highest BCUT2D eigenvalue weighted by Crippen LogP contribution is 2.32. The van der Waals surface area contributed by atoms with Gasteiger partial charge in [0.1, 0.15) is 11.6 Å². The largest absolute Gasteiger partial charge is 0.248 e. The maximum atomic E-state index is 14.2. The van der Waals surface area contributed by atoms with Crippen LogP contribution in [0.5, 0.6) is 0 Å². The summed E-state index contributed by atoms with van der Waals surface area (Å²) in [4.78, 5) is 4.90. The van der Waals surface area contributed by atoms with E-state index < -0.39 is 11.6 Å². The number of benzene rings is 4. The van der Waals surface area contributed by atoms with Gasteiger partial charge in [-0.25, -0.2) is 13.8 Å². The van der Waals surface area contributed by atoms with Crippen molar-refractivity contribution < 1.29 is 8.78 Å². The number of hydrogen-bond donors (Lipinski definition) is 0. The molecule has 154 valence electrons. The van der Waals surface area contributed by atoms with Crippen LogP contribution in [0.2, 0.25) is 0 Å². The summed E-state index contributed by atoms with van der Waals surface area (Å²) in [5, 5.41) is 0. The standard InChI is InChI=1S/C29H19F2N/c30-25-15-16-27(31)26(19-25)21-11-13-23(14-12-21)29-18-24(20-7-3-1-4-8-20)17-28(32-29)22-9-5-2-6-10-22/h1-19H. The van der Waals surface area contributed by atoms with E-state index in [9.17, 15) is 8.78 Å². The van der Waals surface area contributed by atoms with Crippen molar-refractivity contribution in [1.82, 2.24) is 4.98 Å². The molecule has 0 aliphatic rings. The molecule has 0 amide bonds. The highest BCUT2D eigenvalue weighted by molar-refractivity contribution is 5.77. The highest BCUT2D eigenvalue weighted by atomic mass is 19.1. The summed E-state index contributed by atoms with van der Waals surface area (Å²) in [5.74, 6) is -0.912. The lowest BCUT2D eigenvalue weighted by Crippen LogP contribution is -1.92. The van der Waals surface area contributed by atoms with Crippen molar-refractivity contribution in [3.63, 3.8) is 0 Å². The smallest absolute Gasteiger partial charge is 0.131 e. The first kappa shape index (κ1) is 19.8. The molecule has 5 aromatic rings. The molecule has 0 bridgehead atoms. The van der Waals surface area contributed by atoms with Crippen LogP contribution in [0.3, 0.4) is 0 Å². The fraction of sp³-hybridized carbons (Fsp3) is 0. The lowest BCUT2D eigenvalue weighted by atomic mass is 9.98. The minimum atomic E-state index is -0.463. The van der Waals surface area contributed by atoms with Crippen LogP contribution in [0.1, 0.15) is 0 Å². The number of rotatable bonds is 4. The molecule has 3 heteroatoms. The van der Waals surface area contributed by atoms with Gasteiger partial charge in [0.05, 0.1) is 11.4 Å². The Kier molecular flexibility index (Phi) is 5.30. The first-order valence-corrected chi connectivity index (χ1v) is 10.4. The van der Waals surface area contributed by atoms with Crippen LogP contribution in [0, 0.1) is 11.6 Å². The minimum Gasteiger partial charge on any atom is -0.248 e. The summed E-state index contributed by atoms with van der Waals surface area (Å²) in [5.41, 5.74) is 6.66. The van der Waals surface area contributed by atoms with Gasteiger partial charge in [-0.2, -0.15) is 0 Å². The van der Waals surface area contributed by atoms with Crippen LogP contribution < -0.4 is 0 Å². The van der Waals surface area contributed by atoms with Crippen molar-refractivity contribution in [2.24, 2.45) is 0 Å². The molecule has 0 saturated heterocycles. The Morgan fingerprint density at radius 1 is 0.438 bits per heavy atom. The van der Waals surface area contributed by atoms with Gasteiger partial charge in [-0.3, -0.25) is 0 Å². The number of aromatic nitrogens is 1. The summed E-state index contributed by atoms with van der Waals surface area (Å²) in [6, 6.07) is 35.2. The van der Waals surface area contributed by atoms with Crippen molar-refractivity contribution >= 4 is 0 Å². The molecule has 0 atom stereocenters. The number of nitrogens with zero attached hydrogens (tertiary/aromatic N) is 1. The summed E-state index contributed by atoms with van der Waals surface area (Å²) < 4.78 is 27.8. The van der Waals surface area contributed by atoms with Crippen molar-refractivity contribution in [3.8, 4) is 44.8 Å². The van der Waals surface area contributed by atoms with Crippen LogP contribution in [-0.4, -0.2) is 4.98 Å². The fourth-order valence-corrected chi connectivity index (χ4v) is 3.77. The highest BCUT2D eigenvalue weighted by Gasteiger charge is 2.11. The van der Waals surface area contributed by atoms with Gasteiger partial charge in [-0.15, -0.1) is 0 Å². The van der Waals surface area contributed by atoms with E-state index in [4.69, 9.17) is 4.98 Å². The van der Waals surface area contributed by atoms with Crippen LogP contribution in [0.4, 0.5) is 8.78 Å². The zero-order valence-corrected chi connectivity index (χ0v) is 17.2. The zero-order chi connectivity index (χ0) is 21.9. The Balaban J connectivity index is 1.60. The van der Waals surface area contributed by atoms with Gasteiger partial charge in [0.25, 0.3) is 0 Å². The van der Waals surface area contributed by atoms with Crippen molar-refractivity contribution in [2.45, 2.75) is 0 Å². The Labute approximate surface area is 185 Å². The van der Waals surface area contributed by atoms with Crippen LogP contribution in [-0.2, 0) is 0 Å². The summed E-state index contributed by atoms with van der Waals surface area (Å²) in [6.45, 7) is 0.